The molecule has 0 radical (unpaired) electrons. The van der Waals surface area contributed by atoms with E-state index in [0.29, 0.717) is 17.8 Å². The molecule has 0 aliphatic carbocycles. The average molecular weight is 279 g/mol. The maximum absolute atomic E-state index is 11.9. The lowest BCUT2D eigenvalue weighted by molar-refractivity contribution is -0.145. The van der Waals surface area contributed by atoms with Crippen LogP contribution in [-0.2, 0) is 20.7 Å². The van der Waals surface area contributed by atoms with Crippen molar-refractivity contribution in [2.24, 2.45) is 5.92 Å². The number of carbonyl (C=O) groups is 2. The topological polar surface area (TPSA) is 94.3 Å². The summed E-state index contributed by atoms with van der Waals surface area (Å²) < 4.78 is 4.69. The number of pyridine rings is 1. The minimum absolute atomic E-state index is 0.103. The molecule has 110 valence electrons. The first-order chi connectivity index (χ1) is 9.42. The van der Waals surface area contributed by atoms with Gasteiger partial charge in [-0.25, -0.2) is 4.79 Å². The van der Waals surface area contributed by atoms with Gasteiger partial charge in [0.05, 0.1) is 25.4 Å². The van der Waals surface area contributed by atoms with Gasteiger partial charge in [0.25, 0.3) is 0 Å². The maximum atomic E-state index is 11.9. The molecular formula is C14H21N3O3. The Morgan fingerprint density at radius 3 is 2.60 bits per heavy atom. The molecule has 0 aliphatic heterocycles. The van der Waals surface area contributed by atoms with Gasteiger partial charge in [-0.2, -0.15) is 0 Å². The summed E-state index contributed by atoms with van der Waals surface area (Å²) in [4.78, 5) is 27.6. The molecule has 0 spiro atoms. The molecule has 0 bridgehead atoms. The standard InChI is InChI=1S/C14H21N3O3/c1-9(2)6-12(14(19)20-3)17-13(18)7-11-5-4-10(15)8-16-11/h4-5,8-9,12H,6-7,15H2,1-3H3,(H,17,18)/t12-/m0/s1. The van der Waals surface area contributed by atoms with E-state index in [9.17, 15) is 9.59 Å². The third kappa shape index (κ3) is 5.26. The number of nitrogens with two attached hydrogens (primary N) is 1. The number of hydrogen-bond donors (Lipinski definition) is 2. The molecule has 1 atom stereocenters. The molecule has 0 fully saturated rings. The summed E-state index contributed by atoms with van der Waals surface area (Å²) in [7, 11) is 1.31. The molecule has 1 rings (SSSR count). The second kappa shape index (κ2) is 7.47. The number of anilines is 1. The molecule has 0 unspecified atom stereocenters. The van der Waals surface area contributed by atoms with Crippen molar-refractivity contribution in [1.29, 1.82) is 0 Å². The third-order valence-electron chi connectivity index (χ3n) is 2.72. The zero-order valence-electron chi connectivity index (χ0n) is 12.1. The smallest absolute Gasteiger partial charge is 0.328 e. The summed E-state index contributed by atoms with van der Waals surface area (Å²) in [5.74, 6) is -0.426. The molecule has 3 N–H and O–H groups in total. The number of aromatic nitrogens is 1. The first-order valence-corrected chi connectivity index (χ1v) is 6.50. The van der Waals surface area contributed by atoms with Gasteiger partial charge in [0, 0.05) is 5.69 Å². The van der Waals surface area contributed by atoms with Gasteiger partial charge in [-0.3, -0.25) is 9.78 Å². The van der Waals surface area contributed by atoms with Gasteiger partial charge in [0.1, 0.15) is 6.04 Å². The summed E-state index contributed by atoms with van der Waals surface area (Å²) in [6, 6.07) is 2.74. The minimum atomic E-state index is -0.624. The van der Waals surface area contributed by atoms with Gasteiger partial charge in [-0.1, -0.05) is 13.8 Å². The third-order valence-corrected chi connectivity index (χ3v) is 2.72. The van der Waals surface area contributed by atoms with E-state index >= 15 is 0 Å². The highest BCUT2D eigenvalue weighted by Gasteiger charge is 2.22. The average Bonchev–Trinajstić information content (AvgIpc) is 2.39. The van der Waals surface area contributed by atoms with Gasteiger partial charge in [-0.15, -0.1) is 0 Å². The van der Waals surface area contributed by atoms with Crippen molar-refractivity contribution in [3.05, 3.63) is 24.0 Å². The first kappa shape index (κ1) is 15.9. The molecule has 1 aromatic heterocycles. The molecule has 20 heavy (non-hydrogen) atoms. The van der Waals surface area contributed by atoms with Crippen molar-refractivity contribution in [3.8, 4) is 0 Å². The Kier molecular flexibility index (Phi) is 5.96. The summed E-state index contributed by atoms with van der Waals surface area (Å²) in [5.41, 5.74) is 6.67. The number of nitrogen functional groups attached to an aromatic ring is 1. The highest BCUT2D eigenvalue weighted by atomic mass is 16.5. The maximum Gasteiger partial charge on any atom is 0.328 e. The van der Waals surface area contributed by atoms with Gasteiger partial charge in [-0.05, 0) is 24.5 Å². The predicted octanol–water partition coefficient (Wildman–Crippen LogP) is 0.910. The van der Waals surface area contributed by atoms with Crippen LogP contribution in [0.2, 0.25) is 0 Å². The van der Waals surface area contributed by atoms with E-state index in [4.69, 9.17) is 10.5 Å². The number of amides is 1. The van der Waals surface area contributed by atoms with E-state index < -0.39 is 12.0 Å². The Morgan fingerprint density at radius 1 is 1.40 bits per heavy atom. The summed E-state index contributed by atoms with van der Waals surface area (Å²) in [6.07, 6.45) is 2.13. The Morgan fingerprint density at radius 2 is 2.10 bits per heavy atom. The molecule has 6 heteroatoms. The highest BCUT2D eigenvalue weighted by molar-refractivity contribution is 5.85. The Hall–Kier alpha value is -2.11. The van der Waals surface area contributed by atoms with E-state index in [1.807, 2.05) is 13.8 Å². The fourth-order valence-corrected chi connectivity index (χ4v) is 1.78. The van der Waals surface area contributed by atoms with Crippen LogP contribution in [0.4, 0.5) is 5.69 Å². The van der Waals surface area contributed by atoms with Crippen molar-refractivity contribution in [3.63, 3.8) is 0 Å². The van der Waals surface area contributed by atoms with Crippen molar-refractivity contribution < 1.29 is 14.3 Å². The lowest BCUT2D eigenvalue weighted by atomic mass is 10.0. The number of esters is 1. The van der Waals surface area contributed by atoms with Crippen LogP contribution in [0.5, 0.6) is 0 Å². The number of nitrogens with zero attached hydrogens (tertiary/aromatic N) is 1. The Bertz CT molecular complexity index is 457. The van der Waals surface area contributed by atoms with Crippen molar-refractivity contribution >= 4 is 17.6 Å². The van der Waals surface area contributed by atoms with Crippen LogP contribution in [0.1, 0.15) is 26.0 Å². The zero-order chi connectivity index (χ0) is 15.1. The van der Waals surface area contributed by atoms with Gasteiger partial charge >= 0.3 is 5.97 Å². The van der Waals surface area contributed by atoms with E-state index in [2.05, 4.69) is 10.3 Å². The summed E-state index contributed by atoms with van der Waals surface area (Å²) >= 11 is 0. The number of nitrogens with one attached hydrogen (secondary N) is 1. The monoisotopic (exact) mass is 279 g/mol. The van der Waals surface area contributed by atoms with Crippen LogP contribution >= 0.6 is 0 Å². The molecule has 6 nitrogen and oxygen atoms in total. The number of hydrogen-bond acceptors (Lipinski definition) is 5. The first-order valence-electron chi connectivity index (χ1n) is 6.50. The predicted molar refractivity (Wildman–Crippen MR) is 75.8 cm³/mol. The van der Waals surface area contributed by atoms with Crippen LogP contribution in [0.25, 0.3) is 0 Å². The van der Waals surface area contributed by atoms with E-state index in [1.54, 1.807) is 12.1 Å². The minimum Gasteiger partial charge on any atom is -0.467 e. The highest BCUT2D eigenvalue weighted by Crippen LogP contribution is 2.07. The molecule has 1 amide bonds. The number of methoxy groups -OCH3 is 1. The normalized spacial score (nSPS) is 12.0. The van der Waals surface area contributed by atoms with Crippen LogP contribution in [-0.4, -0.2) is 30.0 Å². The van der Waals surface area contributed by atoms with Crippen molar-refractivity contribution in [2.45, 2.75) is 32.7 Å². The fraction of sp³-hybridized carbons (Fsp3) is 0.500. The van der Waals surface area contributed by atoms with Gasteiger partial charge < -0.3 is 15.8 Å². The zero-order valence-corrected chi connectivity index (χ0v) is 12.1. The lowest BCUT2D eigenvalue weighted by Gasteiger charge is -2.18. The molecule has 0 aliphatic rings. The second-order valence-corrected chi connectivity index (χ2v) is 5.03. The molecule has 1 heterocycles. The summed E-state index contributed by atoms with van der Waals surface area (Å²) in [6.45, 7) is 3.95. The second-order valence-electron chi connectivity index (χ2n) is 5.03. The quantitative estimate of drug-likeness (QED) is 0.755. The van der Waals surface area contributed by atoms with Gasteiger partial charge in [0.15, 0.2) is 0 Å². The van der Waals surface area contributed by atoms with Gasteiger partial charge in [0.2, 0.25) is 5.91 Å². The van der Waals surface area contributed by atoms with Crippen molar-refractivity contribution in [2.75, 3.05) is 12.8 Å². The Balaban J connectivity index is 2.61. The van der Waals surface area contributed by atoms with Crippen LogP contribution in [0.3, 0.4) is 0 Å². The number of carbonyl (C=O) groups excluding carboxylic acids is 2. The molecule has 1 aromatic rings. The fourth-order valence-electron chi connectivity index (χ4n) is 1.78. The molecular weight excluding hydrogens is 258 g/mol. The molecule has 0 aromatic carbocycles. The van der Waals surface area contributed by atoms with Crippen molar-refractivity contribution in [1.82, 2.24) is 10.3 Å². The molecule has 0 saturated heterocycles. The Labute approximate surface area is 118 Å². The SMILES string of the molecule is COC(=O)[C@H](CC(C)C)NC(=O)Cc1ccc(N)cn1. The lowest BCUT2D eigenvalue weighted by Crippen LogP contribution is -2.43. The van der Waals surface area contributed by atoms with Crippen LogP contribution < -0.4 is 11.1 Å². The van der Waals surface area contributed by atoms with Crippen LogP contribution in [0, 0.1) is 5.92 Å². The van der Waals surface area contributed by atoms with E-state index in [1.165, 1.54) is 13.3 Å². The number of ether oxygens (including phenoxy) is 1. The van der Waals surface area contributed by atoms with E-state index in [0.717, 1.165) is 0 Å². The van der Waals surface area contributed by atoms with Crippen LogP contribution in [0.15, 0.2) is 18.3 Å². The largest absolute Gasteiger partial charge is 0.467 e. The summed E-state index contributed by atoms with van der Waals surface area (Å²) in [5, 5.41) is 2.68. The van der Waals surface area contributed by atoms with E-state index in [-0.39, 0.29) is 18.2 Å². The molecule has 0 saturated carbocycles. The number of rotatable bonds is 6.